The van der Waals surface area contributed by atoms with Gasteiger partial charge in [-0.3, -0.25) is 9.69 Å². The van der Waals surface area contributed by atoms with Gasteiger partial charge in [0.05, 0.1) is 0 Å². The van der Waals surface area contributed by atoms with Crippen molar-refractivity contribution in [2.24, 2.45) is 0 Å². The lowest BCUT2D eigenvalue weighted by molar-refractivity contribution is -0.114. The van der Waals surface area contributed by atoms with Gasteiger partial charge in [0.2, 0.25) is 5.91 Å². The molecule has 0 aliphatic heterocycles. The van der Waals surface area contributed by atoms with E-state index in [2.05, 4.69) is 10.6 Å². The monoisotopic (exact) mass is 283 g/mol. The molecule has 0 fully saturated rings. The molecule has 0 heterocycles. The first-order valence-corrected chi connectivity index (χ1v) is 6.53. The summed E-state index contributed by atoms with van der Waals surface area (Å²) in [6.07, 6.45) is 0. The van der Waals surface area contributed by atoms with Gasteiger partial charge in [0.25, 0.3) is 0 Å². The van der Waals surface area contributed by atoms with Gasteiger partial charge in [-0.05, 0) is 30.3 Å². The third-order valence-electron chi connectivity index (χ3n) is 2.88. The summed E-state index contributed by atoms with van der Waals surface area (Å²) in [5.74, 6) is -0.153. The molecule has 0 unspecified atom stereocenters. The Morgan fingerprint density at radius 2 is 1.52 bits per heavy atom. The lowest BCUT2D eigenvalue weighted by atomic mass is 10.2. The molecule has 5 heteroatoms. The van der Waals surface area contributed by atoms with Crippen LogP contribution in [0.1, 0.15) is 6.92 Å². The summed E-state index contributed by atoms with van der Waals surface area (Å²) in [6, 6.07) is 16.1. The van der Waals surface area contributed by atoms with Crippen molar-refractivity contribution in [3.63, 3.8) is 0 Å². The topological polar surface area (TPSA) is 61.4 Å². The average molecular weight is 283 g/mol. The molecule has 0 radical (unpaired) electrons. The third-order valence-corrected chi connectivity index (χ3v) is 2.88. The van der Waals surface area contributed by atoms with Gasteiger partial charge in [0.15, 0.2) is 0 Å². The number of carbonyl (C=O) groups excluding carboxylic acids is 2. The van der Waals surface area contributed by atoms with Gasteiger partial charge < -0.3 is 10.6 Å². The molecule has 0 atom stereocenters. The third kappa shape index (κ3) is 4.07. The number of hydrogen-bond acceptors (Lipinski definition) is 2. The van der Waals surface area contributed by atoms with Crippen molar-refractivity contribution < 1.29 is 9.59 Å². The molecule has 2 aromatic rings. The van der Waals surface area contributed by atoms with Gasteiger partial charge >= 0.3 is 6.03 Å². The van der Waals surface area contributed by atoms with Crippen molar-refractivity contribution in [3.05, 3.63) is 54.6 Å². The summed E-state index contributed by atoms with van der Waals surface area (Å²) in [4.78, 5) is 24.7. The molecule has 0 aliphatic carbocycles. The van der Waals surface area contributed by atoms with E-state index in [4.69, 9.17) is 0 Å². The van der Waals surface area contributed by atoms with Crippen LogP contribution in [0.2, 0.25) is 0 Å². The quantitative estimate of drug-likeness (QED) is 0.907. The molecular formula is C16H17N3O2. The largest absolute Gasteiger partial charge is 0.326 e. The Labute approximate surface area is 123 Å². The average Bonchev–Trinajstić information content (AvgIpc) is 2.47. The first-order valence-electron chi connectivity index (χ1n) is 6.53. The highest BCUT2D eigenvalue weighted by Crippen LogP contribution is 2.17. The minimum Gasteiger partial charge on any atom is -0.326 e. The second-order valence-electron chi connectivity index (χ2n) is 4.59. The van der Waals surface area contributed by atoms with Crippen LogP contribution in [0.4, 0.5) is 21.9 Å². The summed E-state index contributed by atoms with van der Waals surface area (Å²) in [6.45, 7) is 1.44. The van der Waals surface area contributed by atoms with Crippen molar-refractivity contribution in [1.82, 2.24) is 0 Å². The normalized spacial score (nSPS) is 9.81. The van der Waals surface area contributed by atoms with Crippen LogP contribution in [0.25, 0.3) is 0 Å². The Morgan fingerprint density at radius 1 is 0.905 bits per heavy atom. The predicted octanol–water partition coefficient (Wildman–Crippen LogP) is 3.31. The first-order chi connectivity index (χ1) is 10.1. The van der Waals surface area contributed by atoms with Crippen LogP contribution in [0.15, 0.2) is 54.6 Å². The Kier molecular flexibility index (Phi) is 4.56. The van der Waals surface area contributed by atoms with E-state index in [0.29, 0.717) is 11.4 Å². The molecule has 0 aliphatic rings. The number of amides is 3. The minimum absolute atomic E-state index is 0.153. The summed E-state index contributed by atoms with van der Waals surface area (Å²) in [5.41, 5.74) is 2.06. The molecule has 2 rings (SSSR count). The standard InChI is InChI=1S/C16H17N3O2/c1-12(20)17-13-7-6-8-14(11-13)18-16(21)19(2)15-9-4-3-5-10-15/h3-11H,1-2H3,(H,17,20)(H,18,21). The van der Waals surface area contributed by atoms with E-state index < -0.39 is 0 Å². The van der Waals surface area contributed by atoms with Gasteiger partial charge in [-0.15, -0.1) is 0 Å². The maximum Gasteiger partial charge on any atom is 0.326 e. The van der Waals surface area contributed by atoms with Crippen molar-refractivity contribution in [2.75, 3.05) is 22.6 Å². The maximum atomic E-state index is 12.2. The number of para-hydroxylation sites is 1. The predicted molar refractivity (Wildman–Crippen MR) is 84.6 cm³/mol. The Balaban J connectivity index is 2.07. The molecule has 2 N–H and O–H groups in total. The minimum atomic E-state index is -0.249. The number of nitrogens with one attached hydrogen (secondary N) is 2. The highest BCUT2D eigenvalue weighted by Gasteiger charge is 2.10. The molecule has 21 heavy (non-hydrogen) atoms. The molecule has 0 aromatic heterocycles. The Hall–Kier alpha value is -2.82. The van der Waals surface area contributed by atoms with Crippen LogP contribution in [-0.4, -0.2) is 19.0 Å². The van der Waals surface area contributed by atoms with Gasteiger partial charge in [-0.1, -0.05) is 24.3 Å². The number of hydrogen-bond donors (Lipinski definition) is 2. The molecule has 0 spiro atoms. The smallest absolute Gasteiger partial charge is 0.326 e. The van der Waals surface area contributed by atoms with Crippen LogP contribution >= 0.6 is 0 Å². The van der Waals surface area contributed by atoms with E-state index in [1.165, 1.54) is 11.8 Å². The van der Waals surface area contributed by atoms with Crippen molar-refractivity contribution >= 4 is 29.0 Å². The summed E-state index contributed by atoms with van der Waals surface area (Å²) >= 11 is 0. The molecule has 0 bridgehead atoms. The van der Waals surface area contributed by atoms with Crippen LogP contribution in [0.5, 0.6) is 0 Å². The first kappa shape index (κ1) is 14.6. The number of urea groups is 1. The lowest BCUT2D eigenvalue weighted by Crippen LogP contribution is -2.31. The number of anilines is 3. The fourth-order valence-corrected chi connectivity index (χ4v) is 1.85. The fraction of sp³-hybridized carbons (Fsp3) is 0.125. The van der Waals surface area contributed by atoms with E-state index in [1.807, 2.05) is 30.3 Å². The van der Waals surface area contributed by atoms with E-state index in [-0.39, 0.29) is 11.9 Å². The zero-order valence-electron chi connectivity index (χ0n) is 12.0. The second-order valence-corrected chi connectivity index (χ2v) is 4.59. The van der Waals surface area contributed by atoms with E-state index >= 15 is 0 Å². The molecule has 0 saturated carbocycles. The van der Waals surface area contributed by atoms with Crippen LogP contribution in [-0.2, 0) is 4.79 Å². The summed E-state index contributed by atoms with van der Waals surface area (Å²) < 4.78 is 0. The van der Waals surface area contributed by atoms with Crippen LogP contribution < -0.4 is 15.5 Å². The summed E-state index contributed by atoms with van der Waals surface area (Å²) in [7, 11) is 1.70. The molecule has 3 amide bonds. The molecule has 0 saturated heterocycles. The summed E-state index contributed by atoms with van der Waals surface area (Å²) in [5, 5.41) is 5.46. The number of nitrogens with zero attached hydrogens (tertiary/aromatic N) is 1. The lowest BCUT2D eigenvalue weighted by Gasteiger charge is -2.18. The fourth-order valence-electron chi connectivity index (χ4n) is 1.85. The van der Waals surface area contributed by atoms with Gasteiger partial charge in [-0.25, -0.2) is 4.79 Å². The molecular weight excluding hydrogens is 266 g/mol. The Bertz CT molecular complexity index is 641. The maximum absolute atomic E-state index is 12.2. The van der Waals surface area contributed by atoms with Gasteiger partial charge in [0.1, 0.15) is 0 Å². The van der Waals surface area contributed by atoms with Crippen LogP contribution in [0.3, 0.4) is 0 Å². The van der Waals surface area contributed by atoms with Crippen molar-refractivity contribution in [2.45, 2.75) is 6.92 Å². The van der Waals surface area contributed by atoms with Crippen molar-refractivity contribution in [1.29, 1.82) is 0 Å². The highest BCUT2D eigenvalue weighted by molar-refractivity contribution is 6.01. The molecule has 5 nitrogen and oxygen atoms in total. The number of benzene rings is 2. The Morgan fingerprint density at radius 3 is 2.14 bits per heavy atom. The van der Waals surface area contributed by atoms with Crippen LogP contribution in [0, 0.1) is 0 Å². The highest BCUT2D eigenvalue weighted by atomic mass is 16.2. The van der Waals surface area contributed by atoms with Gasteiger partial charge in [0, 0.05) is 31.0 Å². The zero-order chi connectivity index (χ0) is 15.2. The zero-order valence-corrected chi connectivity index (χ0v) is 12.0. The van der Waals surface area contributed by atoms with E-state index in [0.717, 1.165) is 5.69 Å². The van der Waals surface area contributed by atoms with Crippen molar-refractivity contribution in [3.8, 4) is 0 Å². The van der Waals surface area contributed by atoms with E-state index in [9.17, 15) is 9.59 Å². The van der Waals surface area contributed by atoms with E-state index in [1.54, 1.807) is 31.3 Å². The number of carbonyl (C=O) groups is 2. The number of rotatable bonds is 3. The molecule has 108 valence electrons. The van der Waals surface area contributed by atoms with Gasteiger partial charge in [-0.2, -0.15) is 0 Å². The second kappa shape index (κ2) is 6.56. The molecule has 2 aromatic carbocycles. The SMILES string of the molecule is CC(=O)Nc1cccc(NC(=O)N(C)c2ccccc2)c1.